The summed E-state index contributed by atoms with van der Waals surface area (Å²) in [5.41, 5.74) is 5.96. The quantitative estimate of drug-likeness (QED) is 0.0286. The van der Waals surface area contributed by atoms with Gasteiger partial charge in [-0.05, 0) is 140 Å². The summed E-state index contributed by atoms with van der Waals surface area (Å²) in [4.78, 5) is 29.8. The standard InChI is InChI=1S/C61H80OS7/c1-5-9-13-17-21-25-29-45-39-40-63-58(45)52-35-36-54(66-52)60-47(31-27-23-19-15-11-7-3)42-56(68-60)50-33-34-51(65-50)57-43-48(32-28-24-20-16-12-8-4)61(69-57)55-38-37-53(67-55)59-46(41-49(44-62)64-59)30-26-22-18-14-10-6-2/h33-44H,5-32H2,1-4H3. The lowest BCUT2D eigenvalue weighted by Crippen LogP contribution is -1.86. The number of rotatable bonds is 35. The van der Waals surface area contributed by atoms with E-state index in [4.69, 9.17) is 0 Å². The molecular weight excluding hydrogens is 973 g/mol. The first-order chi connectivity index (χ1) is 34.0. The van der Waals surface area contributed by atoms with Crippen molar-refractivity contribution in [3.05, 3.63) is 93.2 Å². The van der Waals surface area contributed by atoms with Gasteiger partial charge >= 0.3 is 0 Å². The van der Waals surface area contributed by atoms with Gasteiger partial charge in [0.05, 0.1) is 4.88 Å². The van der Waals surface area contributed by atoms with Crippen molar-refractivity contribution in [2.75, 3.05) is 0 Å². The van der Waals surface area contributed by atoms with Crippen molar-refractivity contribution in [1.82, 2.24) is 0 Å². The minimum absolute atomic E-state index is 0.857. The molecule has 372 valence electrons. The van der Waals surface area contributed by atoms with Gasteiger partial charge < -0.3 is 0 Å². The lowest BCUT2D eigenvalue weighted by molar-refractivity contribution is 0.112. The molecule has 0 aliphatic heterocycles. The summed E-state index contributed by atoms with van der Waals surface area (Å²) < 4.78 is 0. The highest BCUT2D eigenvalue weighted by Gasteiger charge is 2.21. The van der Waals surface area contributed by atoms with Crippen LogP contribution in [0.1, 0.15) is 214 Å². The Hall–Kier alpha value is -2.43. The maximum atomic E-state index is 12.0. The Morgan fingerprint density at radius 1 is 0.319 bits per heavy atom. The molecule has 0 fully saturated rings. The molecule has 7 rings (SSSR count). The van der Waals surface area contributed by atoms with E-state index in [9.17, 15) is 4.79 Å². The van der Waals surface area contributed by atoms with E-state index >= 15 is 0 Å². The highest BCUT2D eigenvalue weighted by molar-refractivity contribution is 7.31. The monoisotopic (exact) mass is 1050 g/mol. The fraction of sp³-hybridized carbons (Fsp3) is 0.525. The van der Waals surface area contributed by atoms with Crippen LogP contribution in [-0.2, 0) is 25.7 Å². The molecule has 7 aromatic heterocycles. The predicted octanol–water partition coefficient (Wildman–Crippen LogP) is 23.5. The van der Waals surface area contributed by atoms with Gasteiger partial charge in [-0.2, -0.15) is 0 Å². The van der Waals surface area contributed by atoms with Crippen molar-refractivity contribution >= 4 is 85.6 Å². The first-order valence-electron chi connectivity index (χ1n) is 27.2. The van der Waals surface area contributed by atoms with Crippen molar-refractivity contribution in [2.45, 2.75) is 207 Å². The molecule has 0 aromatic carbocycles. The third kappa shape index (κ3) is 16.0. The average molecular weight is 1050 g/mol. The van der Waals surface area contributed by atoms with E-state index in [-0.39, 0.29) is 0 Å². The lowest BCUT2D eigenvalue weighted by Gasteiger charge is -2.04. The molecule has 0 unspecified atom stereocenters. The molecule has 0 bridgehead atoms. The van der Waals surface area contributed by atoms with Crippen LogP contribution in [0, 0.1) is 0 Å². The number of aldehydes is 1. The number of thiophene rings is 7. The van der Waals surface area contributed by atoms with Crippen LogP contribution in [0.4, 0.5) is 0 Å². The van der Waals surface area contributed by atoms with Gasteiger partial charge in [0.2, 0.25) is 0 Å². The van der Waals surface area contributed by atoms with Crippen molar-refractivity contribution in [3.63, 3.8) is 0 Å². The van der Waals surface area contributed by atoms with Crippen LogP contribution < -0.4 is 0 Å². The molecule has 0 N–H and O–H groups in total. The van der Waals surface area contributed by atoms with Gasteiger partial charge in [-0.15, -0.1) is 79.4 Å². The van der Waals surface area contributed by atoms with Crippen LogP contribution in [0.25, 0.3) is 58.5 Å². The Labute approximate surface area is 445 Å². The molecular formula is C61H80OS7. The van der Waals surface area contributed by atoms with Gasteiger partial charge in [-0.1, -0.05) is 156 Å². The zero-order valence-electron chi connectivity index (χ0n) is 42.5. The van der Waals surface area contributed by atoms with Crippen LogP contribution in [0.5, 0.6) is 0 Å². The van der Waals surface area contributed by atoms with E-state index in [1.54, 1.807) is 22.5 Å². The van der Waals surface area contributed by atoms with E-state index in [2.05, 4.69) is 93.7 Å². The highest BCUT2D eigenvalue weighted by atomic mass is 32.1. The Morgan fingerprint density at radius 2 is 0.652 bits per heavy atom. The van der Waals surface area contributed by atoms with Crippen molar-refractivity contribution in [2.24, 2.45) is 0 Å². The molecule has 8 heteroatoms. The normalized spacial score (nSPS) is 11.7. The largest absolute Gasteiger partial charge is 0.297 e. The van der Waals surface area contributed by atoms with Crippen LogP contribution in [-0.4, -0.2) is 6.29 Å². The predicted molar refractivity (Wildman–Crippen MR) is 318 cm³/mol. The molecule has 7 aromatic rings. The molecule has 0 amide bonds. The summed E-state index contributed by atoms with van der Waals surface area (Å²) in [6.45, 7) is 9.21. The van der Waals surface area contributed by atoms with Gasteiger partial charge in [-0.25, -0.2) is 0 Å². The molecule has 0 saturated heterocycles. The first-order valence-corrected chi connectivity index (χ1v) is 33.0. The van der Waals surface area contributed by atoms with Gasteiger partial charge in [-0.3, -0.25) is 4.79 Å². The van der Waals surface area contributed by atoms with E-state index in [0.717, 1.165) is 30.4 Å². The van der Waals surface area contributed by atoms with E-state index < -0.39 is 0 Å². The lowest BCUT2D eigenvalue weighted by atomic mass is 10.0. The maximum Gasteiger partial charge on any atom is 0.160 e. The summed E-state index contributed by atoms with van der Waals surface area (Å²) >= 11 is 13.6. The molecule has 0 aliphatic carbocycles. The minimum Gasteiger partial charge on any atom is -0.297 e. The van der Waals surface area contributed by atoms with Crippen LogP contribution >= 0.6 is 79.4 Å². The Balaban J connectivity index is 1.12. The SMILES string of the molecule is CCCCCCCCc1ccsc1-c1ccc(-c2sc(-c3ccc(-c4cc(CCCCCCCC)c(-c5ccc(-c6sc(C=O)cc6CCCCCCCC)s5)s4)s3)cc2CCCCCCCC)s1. The molecule has 0 spiro atoms. The second kappa shape index (κ2) is 29.9. The number of carbonyl (C=O) groups is 1. The summed E-state index contributed by atoms with van der Waals surface area (Å²) in [5.74, 6) is 0. The van der Waals surface area contributed by atoms with E-state index in [1.165, 1.54) is 230 Å². The van der Waals surface area contributed by atoms with E-state index in [0.29, 0.717) is 0 Å². The maximum absolute atomic E-state index is 12.0. The molecule has 0 saturated carbocycles. The second-order valence-corrected chi connectivity index (χ2v) is 26.7. The Morgan fingerprint density at radius 3 is 1.07 bits per heavy atom. The number of unbranched alkanes of at least 4 members (excludes halogenated alkanes) is 20. The molecule has 0 atom stereocenters. The average Bonchev–Trinajstić information content (AvgIpc) is 4.22. The molecule has 0 radical (unpaired) electrons. The second-order valence-electron chi connectivity index (χ2n) is 19.4. The van der Waals surface area contributed by atoms with Crippen LogP contribution in [0.15, 0.2) is 66.0 Å². The fourth-order valence-corrected chi connectivity index (χ4v) is 17.9. The van der Waals surface area contributed by atoms with E-state index in [1.807, 2.05) is 68.0 Å². The first kappa shape index (κ1) is 54.3. The summed E-state index contributed by atoms with van der Waals surface area (Å²) in [6.07, 6.45) is 37.2. The van der Waals surface area contributed by atoms with Crippen molar-refractivity contribution in [1.29, 1.82) is 0 Å². The van der Waals surface area contributed by atoms with Gasteiger partial charge in [0.1, 0.15) is 0 Å². The fourth-order valence-electron chi connectivity index (χ4n) is 9.69. The highest BCUT2D eigenvalue weighted by Crippen LogP contribution is 2.50. The summed E-state index contributed by atoms with van der Waals surface area (Å²) in [7, 11) is 0. The van der Waals surface area contributed by atoms with Gasteiger partial charge in [0.25, 0.3) is 0 Å². The smallest absolute Gasteiger partial charge is 0.160 e. The number of hydrogen-bond acceptors (Lipinski definition) is 8. The van der Waals surface area contributed by atoms with Crippen LogP contribution in [0.3, 0.4) is 0 Å². The zero-order chi connectivity index (χ0) is 48.0. The Bertz CT molecular complexity index is 2520. The molecule has 0 aliphatic rings. The third-order valence-electron chi connectivity index (χ3n) is 13.7. The van der Waals surface area contributed by atoms with Crippen molar-refractivity contribution in [3.8, 4) is 58.5 Å². The van der Waals surface area contributed by atoms with Crippen LogP contribution in [0.2, 0.25) is 0 Å². The van der Waals surface area contributed by atoms with Gasteiger partial charge in [0.15, 0.2) is 6.29 Å². The Kier molecular flexibility index (Phi) is 23.6. The topological polar surface area (TPSA) is 17.1 Å². The number of carbonyl (C=O) groups excluding carboxylic acids is 1. The summed E-state index contributed by atoms with van der Waals surface area (Å²) in [5, 5.41) is 2.32. The van der Waals surface area contributed by atoms with Crippen molar-refractivity contribution < 1.29 is 4.79 Å². The number of hydrogen-bond donors (Lipinski definition) is 0. The molecule has 69 heavy (non-hydrogen) atoms. The third-order valence-corrected chi connectivity index (χ3v) is 22.5. The molecule has 7 heterocycles. The zero-order valence-corrected chi connectivity index (χ0v) is 48.2. The van der Waals surface area contributed by atoms with Gasteiger partial charge in [0, 0.05) is 58.5 Å². The minimum atomic E-state index is 0.857. The summed E-state index contributed by atoms with van der Waals surface area (Å²) in [6, 6.07) is 24.0. The number of aryl methyl sites for hydroxylation is 4. The molecule has 1 nitrogen and oxygen atoms in total.